The van der Waals surface area contributed by atoms with E-state index in [1.165, 1.54) is 12.2 Å². The maximum atomic E-state index is 13.4. The Morgan fingerprint density at radius 2 is 1.50 bits per heavy atom. The minimum atomic E-state index is -1.00. The first-order valence-corrected chi connectivity index (χ1v) is 13.1. The SMILES string of the molecule is CC(C)C[C@H](NC(=O)OCc1ccccc1)C(=O)N[C@@H](Cc1ccccc1)C(=O)N[C@H](C=CC#N)CCC(N)=O. The molecule has 0 aliphatic rings. The van der Waals surface area contributed by atoms with Gasteiger partial charge in [-0.15, -0.1) is 0 Å². The Morgan fingerprint density at radius 1 is 0.900 bits per heavy atom. The molecule has 0 heterocycles. The van der Waals surface area contributed by atoms with Crippen LogP contribution in [0.3, 0.4) is 0 Å². The Kier molecular flexibility index (Phi) is 13.4. The predicted molar refractivity (Wildman–Crippen MR) is 150 cm³/mol. The van der Waals surface area contributed by atoms with Crippen molar-refractivity contribution in [1.29, 1.82) is 5.26 Å². The van der Waals surface area contributed by atoms with E-state index < -0.39 is 41.9 Å². The molecule has 0 radical (unpaired) electrons. The number of amides is 4. The number of nitriles is 1. The Bertz CT molecular complexity index is 1180. The van der Waals surface area contributed by atoms with Crippen LogP contribution in [0.5, 0.6) is 0 Å². The van der Waals surface area contributed by atoms with Gasteiger partial charge in [-0.1, -0.05) is 80.6 Å². The summed E-state index contributed by atoms with van der Waals surface area (Å²) in [4.78, 5) is 50.6. The summed E-state index contributed by atoms with van der Waals surface area (Å²) >= 11 is 0. The van der Waals surface area contributed by atoms with Gasteiger partial charge in [0.1, 0.15) is 18.7 Å². The third-order valence-electron chi connectivity index (χ3n) is 5.88. The second-order valence-corrected chi connectivity index (χ2v) is 9.75. The quantitative estimate of drug-likeness (QED) is 0.251. The molecule has 212 valence electrons. The van der Waals surface area contributed by atoms with Crippen molar-refractivity contribution >= 4 is 23.8 Å². The fourth-order valence-electron chi connectivity index (χ4n) is 3.90. The highest BCUT2D eigenvalue weighted by Gasteiger charge is 2.29. The molecule has 0 aliphatic heterocycles. The first kappa shape index (κ1) is 31.6. The number of primary amides is 1. The molecule has 40 heavy (non-hydrogen) atoms. The lowest BCUT2D eigenvalue weighted by Gasteiger charge is -2.25. The Hall–Kier alpha value is -4.65. The van der Waals surface area contributed by atoms with E-state index in [9.17, 15) is 19.2 Å². The molecule has 0 saturated heterocycles. The van der Waals surface area contributed by atoms with Gasteiger partial charge in [-0.3, -0.25) is 14.4 Å². The van der Waals surface area contributed by atoms with Gasteiger partial charge in [0, 0.05) is 25.0 Å². The molecule has 2 rings (SSSR count). The van der Waals surface area contributed by atoms with Crippen molar-refractivity contribution in [2.75, 3.05) is 0 Å². The van der Waals surface area contributed by atoms with E-state index >= 15 is 0 Å². The van der Waals surface area contributed by atoms with Crippen molar-refractivity contribution in [1.82, 2.24) is 16.0 Å². The van der Waals surface area contributed by atoms with E-state index in [4.69, 9.17) is 15.7 Å². The van der Waals surface area contributed by atoms with Crippen LogP contribution in [0.25, 0.3) is 0 Å². The minimum absolute atomic E-state index is 0.00189. The van der Waals surface area contributed by atoms with Gasteiger partial charge in [0.25, 0.3) is 0 Å². The number of allylic oxidation sites excluding steroid dienone is 1. The summed E-state index contributed by atoms with van der Waals surface area (Å²) < 4.78 is 5.29. The molecule has 0 fully saturated rings. The van der Waals surface area contributed by atoms with E-state index in [-0.39, 0.29) is 31.8 Å². The first-order valence-electron chi connectivity index (χ1n) is 13.1. The fraction of sp³-hybridized carbons (Fsp3) is 0.367. The topological polar surface area (TPSA) is 163 Å². The summed E-state index contributed by atoms with van der Waals surface area (Å²) in [6.45, 7) is 3.87. The highest BCUT2D eigenvalue weighted by molar-refractivity contribution is 5.91. The maximum Gasteiger partial charge on any atom is 0.408 e. The second kappa shape index (κ2) is 17.0. The molecular formula is C30H37N5O5. The van der Waals surface area contributed by atoms with Crippen LogP contribution < -0.4 is 21.7 Å². The van der Waals surface area contributed by atoms with E-state index in [0.717, 1.165) is 11.1 Å². The number of nitrogens with zero attached hydrogens (tertiary/aromatic N) is 1. The standard InChI is InChI=1S/C30H37N5O5/c1-21(2)18-25(35-30(39)40-20-23-12-7-4-8-13-23)29(38)34-26(19-22-10-5-3-6-11-22)28(37)33-24(14-9-17-31)15-16-27(32)36/h3-14,21,24-26H,15-16,18-20H2,1-2H3,(H2,32,36)(H,33,37)(H,34,38)(H,35,39)/t24-,25+,26+/m1/s1. The Morgan fingerprint density at radius 3 is 2.08 bits per heavy atom. The van der Waals surface area contributed by atoms with Gasteiger partial charge < -0.3 is 26.4 Å². The second-order valence-electron chi connectivity index (χ2n) is 9.75. The third kappa shape index (κ3) is 12.3. The van der Waals surface area contributed by atoms with E-state index in [1.54, 1.807) is 0 Å². The Labute approximate surface area is 235 Å². The van der Waals surface area contributed by atoms with E-state index in [0.29, 0.717) is 6.42 Å². The van der Waals surface area contributed by atoms with Crippen molar-refractivity contribution < 1.29 is 23.9 Å². The lowest BCUT2D eigenvalue weighted by Crippen LogP contribution is -2.55. The number of carbonyl (C=O) groups is 4. The summed E-state index contributed by atoms with van der Waals surface area (Å²) in [5.41, 5.74) is 6.86. The number of alkyl carbamates (subject to hydrolysis) is 1. The zero-order valence-electron chi connectivity index (χ0n) is 22.8. The number of benzene rings is 2. The smallest absolute Gasteiger partial charge is 0.408 e. The van der Waals surface area contributed by atoms with Crippen molar-refractivity contribution in [3.63, 3.8) is 0 Å². The van der Waals surface area contributed by atoms with Crippen LogP contribution in [0.4, 0.5) is 4.79 Å². The summed E-state index contributed by atoms with van der Waals surface area (Å²) in [7, 11) is 0. The molecule has 0 spiro atoms. The van der Waals surface area contributed by atoms with Crippen LogP contribution in [-0.2, 0) is 32.1 Å². The molecule has 3 atom stereocenters. The van der Waals surface area contributed by atoms with Gasteiger partial charge in [-0.2, -0.15) is 5.26 Å². The molecule has 2 aromatic carbocycles. The molecule has 10 nitrogen and oxygen atoms in total. The third-order valence-corrected chi connectivity index (χ3v) is 5.88. The van der Waals surface area contributed by atoms with Crippen LogP contribution in [0.1, 0.15) is 44.2 Å². The number of hydrogen-bond donors (Lipinski definition) is 4. The molecule has 5 N–H and O–H groups in total. The van der Waals surface area contributed by atoms with Crippen LogP contribution in [-0.4, -0.2) is 41.9 Å². The minimum Gasteiger partial charge on any atom is -0.445 e. The first-order chi connectivity index (χ1) is 19.2. The summed E-state index contributed by atoms with van der Waals surface area (Å²) in [5, 5.41) is 17.1. The van der Waals surface area contributed by atoms with Gasteiger partial charge in [0.15, 0.2) is 0 Å². The molecule has 0 saturated carbocycles. The van der Waals surface area contributed by atoms with Crippen molar-refractivity contribution in [3.8, 4) is 6.07 Å². The molecule has 2 aromatic rings. The lowest BCUT2D eigenvalue weighted by atomic mass is 10.0. The van der Waals surface area contributed by atoms with Crippen molar-refractivity contribution in [3.05, 3.63) is 83.9 Å². The molecule has 0 aromatic heterocycles. The van der Waals surface area contributed by atoms with Crippen molar-refractivity contribution in [2.45, 2.75) is 64.3 Å². The largest absolute Gasteiger partial charge is 0.445 e. The zero-order valence-corrected chi connectivity index (χ0v) is 22.8. The van der Waals surface area contributed by atoms with E-state index in [2.05, 4.69) is 16.0 Å². The molecular weight excluding hydrogens is 510 g/mol. The molecule has 0 unspecified atom stereocenters. The summed E-state index contributed by atoms with van der Waals surface area (Å²) in [5.74, 6) is -1.53. The number of nitrogens with two attached hydrogens (primary N) is 1. The van der Waals surface area contributed by atoms with E-state index in [1.807, 2.05) is 80.6 Å². The van der Waals surface area contributed by atoms with Crippen molar-refractivity contribution in [2.24, 2.45) is 11.7 Å². The van der Waals surface area contributed by atoms with Crippen LogP contribution in [0, 0.1) is 17.2 Å². The summed E-state index contributed by atoms with van der Waals surface area (Å²) in [6.07, 6.45) is 2.61. The lowest BCUT2D eigenvalue weighted by molar-refractivity contribution is -0.130. The van der Waals surface area contributed by atoms with Crippen LogP contribution in [0.2, 0.25) is 0 Å². The predicted octanol–water partition coefficient (Wildman–Crippen LogP) is 2.89. The maximum absolute atomic E-state index is 13.4. The van der Waals surface area contributed by atoms with Gasteiger partial charge in [-0.05, 0) is 29.9 Å². The normalized spacial score (nSPS) is 13.1. The number of carbonyl (C=O) groups excluding carboxylic acids is 4. The molecule has 0 aliphatic carbocycles. The van der Waals surface area contributed by atoms with Gasteiger partial charge in [-0.25, -0.2) is 4.79 Å². The van der Waals surface area contributed by atoms with Gasteiger partial charge in [0.2, 0.25) is 17.7 Å². The number of nitrogens with one attached hydrogen (secondary N) is 3. The molecule has 4 amide bonds. The number of hydrogen-bond acceptors (Lipinski definition) is 6. The average molecular weight is 548 g/mol. The monoisotopic (exact) mass is 547 g/mol. The highest BCUT2D eigenvalue weighted by atomic mass is 16.5. The van der Waals surface area contributed by atoms with Gasteiger partial charge in [0.05, 0.1) is 6.07 Å². The zero-order chi connectivity index (χ0) is 29.3. The Balaban J connectivity index is 2.17. The number of rotatable bonds is 15. The molecule has 10 heteroatoms. The average Bonchev–Trinajstić information content (AvgIpc) is 2.93. The van der Waals surface area contributed by atoms with Crippen LogP contribution in [0.15, 0.2) is 72.8 Å². The number of ether oxygens (including phenoxy) is 1. The fourth-order valence-corrected chi connectivity index (χ4v) is 3.90. The summed E-state index contributed by atoms with van der Waals surface area (Å²) in [6, 6.07) is 17.6. The highest BCUT2D eigenvalue weighted by Crippen LogP contribution is 2.10. The molecule has 0 bridgehead atoms. The van der Waals surface area contributed by atoms with Gasteiger partial charge >= 0.3 is 6.09 Å². The van der Waals surface area contributed by atoms with Crippen LogP contribution >= 0.6 is 0 Å².